The molecule has 0 aliphatic rings. The van der Waals surface area contributed by atoms with Gasteiger partial charge in [-0.2, -0.15) is 0 Å². The topological polar surface area (TPSA) is 17.3 Å². The van der Waals surface area contributed by atoms with Crippen LogP contribution in [0.3, 0.4) is 0 Å². The number of fused-ring (bicyclic) bond motifs is 1. The molecule has 14 heavy (non-hydrogen) atoms. The summed E-state index contributed by atoms with van der Waals surface area (Å²) in [5.74, 6) is 0.588. The zero-order valence-corrected chi connectivity index (χ0v) is 9.36. The fourth-order valence-electron chi connectivity index (χ4n) is 1.30. The highest BCUT2D eigenvalue weighted by atomic mass is 15.0. The molecule has 0 spiro atoms. The quantitative estimate of drug-likeness (QED) is 0.673. The number of hydrogen-bond acceptors (Lipinski definition) is 1. The van der Waals surface area contributed by atoms with E-state index in [2.05, 4.69) is 37.2 Å². The van der Waals surface area contributed by atoms with Crippen molar-refractivity contribution in [3.05, 3.63) is 36.4 Å². The van der Waals surface area contributed by atoms with Crippen LogP contribution in [0.4, 0.5) is 0 Å². The number of hydrogen-bond donors (Lipinski definition) is 0. The number of imidazole rings is 1. The molecule has 2 aromatic heterocycles. The normalized spacial score (nSPS) is 10.1. The Morgan fingerprint density at radius 2 is 2.00 bits per heavy atom. The minimum Gasteiger partial charge on any atom is -0.306 e. The third-order valence-corrected chi connectivity index (χ3v) is 2.10. The van der Waals surface area contributed by atoms with Crippen molar-refractivity contribution in [1.82, 2.24) is 9.38 Å². The van der Waals surface area contributed by atoms with E-state index in [1.165, 1.54) is 11.1 Å². The summed E-state index contributed by atoms with van der Waals surface area (Å²) in [6.45, 7) is 8.39. The lowest BCUT2D eigenvalue weighted by molar-refractivity contribution is 0.863. The summed E-state index contributed by atoms with van der Waals surface area (Å²) in [4.78, 5) is 4.06. The van der Waals surface area contributed by atoms with Gasteiger partial charge in [-0.25, -0.2) is 4.98 Å². The average molecular weight is 190 g/mol. The Kier molecular flexibility index (Phi) is 3.69. The summed E-state index contributed by atoms with van der Waals surface area (Å²) < 4.78 is 2.02. The summed E-state index contributed by atoms with van der Waals surface area (Å²) in [6.07, 6.45) is 5.75. The van der Waals surface area contributed by atoms with Crippen molar-refractivity contribution in [3.8, 4) is 0 Å². The molecule has 0 aromatic carbocycles. The predicted molar refractivity (Wildman–Crippen MR) is 60.6 cm³/mol. The molecule has 0 saturated heterocycles. The minimum absolute atomic E-state index is 0.588. The van der Waals surface area contributed by atoms with Crippen molar-refractivity contribution < 1.29 is 0 Å². The van der Waals surface area contributed by atoms with Crippen LogP contribution < -0.4 is 0 Å². The highest BCUT2D eigenvalue weighted by Gasteiger charge is 1.99. The Hall–Kier alpha value is -1.31. The van der Waals surface area contributed by atoms with Crippen LogP contribution in [0, 0.1) is 0 Å². The summed E-state index contributed by atoms with van der Waals surface area (Å²) >= 11 is 0. The van der Waals surface area contributed by atoms with Gasteiger partial charge in [-0.1, -0.05) is 27.7 Å². The highest BCUT2D eigenvalue weighted by molar-refractivity contribution is 5.47. The van der Waals surface area contributed by atoms with Crippen LogP contribution in [0.1, 0.15) is 39.2 Å². The second-order valence-electron chi connectivity index (χ2n) is 3.34. The van der Waals surface area contributed by atoms with Crippen molar-refractivity contribution in [2.45, 2.75) is 33.6 Å². The molecule has 0 aliphatic heterocycles. The molecule has 0 saturated carbocycles. The van der Waals surface area contributed by atoms with E-state index < -0.39 is 0 Å². The van der Waals surface area contributed by atoms with Gasteiger partial charge in [0.25, 0.3) is 0 Å². The Morgan fingerprint density at radius 3 is 2.64 bits per heavy atom. The molecule has 2 heterocycles. The van der Waals surface area contributed by atoms with Crippen LogP contribution in [0.5, 0.6) is 0 Å². The molecule has 2 rings (SSSR count). The van der Waals surface area contributed by atoms with Crippen LogP contribution in [0.25, 0.3) is 5.52 Å². The average Bonchev–Trinajstić information content (AvgIpc) is 2.67. The maximum atomic E-state index is 4.06. The molecular formula is C12H18N2. The first-order valence-electron chi connectivity index (χ1n) is 5.19. The van der Waals surface area contributed by atoms with E-state index in [1.807, 2.05) is 30.8 Å². The van der Waals surface area contributed by atoms with E-state index in [-0.39, 0.29) is 0 Å². The van der Waals surface area contributed by atoms with Crippen molar-refractivity contribution in [1.29, 1.82) is 0 Å². The number of rotatable bonds is 1. The lowest BCUT2D eigenvalue weighted by atomic mass is 10.1. The van der Waals surface area contributed by atoms with Gasteiger partial charge in [0.2, 0.25) is 0 Å². The highest BCUT2D eigenvalue weighted by Crippen LogP contribution is 2.15. The van der Waals surface area contributed by atoms with Gasteiger partial charge in [0.15, 0.2) is 0 Å². The first-order chi connectivity index (χ1) is 6.77. The fourth-order valence-corrected chi connectivity index (χ4v) is 1.30. The summed E-state index contributed by atoms with van der Waals surface area (Å²) in [5, 5.41) is 0. The first-order valence-corrected chi connectivity index (χ1v) is 5.19. The van der Waals surface area contributed by atoms with Crippen LogP contribution in [-0.2, 0) is 0 Å². The number of nitrogens with zero attached hydrogens (tertiary/aromatic N) is 2. The lowest BCUT2D eigenvalue weighted by Gasteiger charge is -2.04. The van der Waals surface area contributed by atoms with Gasteiger partial charge in [0, 0.05) is 6.20 Å². The molecule has 0 bridgehead atoms. The van der Waals surface area contributed by atoms with Gasteiger partial charge in [-0.3, -0.25) is 0 Å². The van der Waals surface area contributed by atoms with E-state index in [1.54, 1.807) is 0 Å². The molecule has 76 valence electrons. The molecule has 2 nitrogen and oxygen atoms in total. The molecule has 0 aliphatic carbocycles. The Balaban J connectivity index is 0.000000461. The largest absolute Gasteiger partial charge is 0.306 e. The van der Waals surface area contributed by atoms with Gasteiger partial charge in [0.05, 0.1) is 18.0 Å². The standard InChI is InChI=1S/C10H12N2.C2H6/c1-8(2)9-3-4-12-7-11-6-10(12)5-9;1-2/h3-8H,1-2H3;1-2H3. The maximum Gasteiger partial charge on any atom is 0.0991 e. The molecule has 0 radical (unpaired) electrons. The second kappa shape index (κ2) is 4.80. The SMILES string of the molecule is CC.CC(C)c1ccn2cncc2c1. The summed E-state index contributed by atoms with van der Waals surface area (Å²) in [6, 6.07) is 4.32. The molecule has 0 unspecified atom stereocenters. The first kappa shape index (κ1) is 10.8. The Bertz CT molecular complexity index is 388. The van der Waals surface area contributed by atoms with E-state index in [9.17, 15) is 0 Å². The van der Waals surface area contributed by atoms with Gasteiger partial charge in [0.1, 0.15) is 0 Å². The van der Waals surface area contributed by atoms with Crippen molar-refractivity contribution in [2.75, 3.05) is 0 Å². The fraction of sp³-hybridized carbons (Fsp3) is 0.417. The van der Waals surface area contributed by atoms with Crippen LogP contribution >= 0.6 is 0 Å². The summed E-state index contributed by atoms with van der Waals surface area (Å²) in [5.41, 5.74) is 2.53. The molecule has 0 N–H and O–H groups in total. The van der Waals surface area contributed by atoms with Crippen LogP contribution in [0.15, 0.2) is 30.9 Å². The molecule has 0 amide bonds. The van der Waals surface area contributed by atoms with Gasteiger partial charge in [-0.15, -0.1) is 0 Å². The zero-order chi connectivity index (χ0) is 10.6. The molecular weight excluding hydrogens is 172 g/mol. The number of pyridine rings is 1. The third kappa shape index (κ3) is 2.13. The predicted octanol–water partition coefficient (Wildman–Crippen LogP) is 3.48. The van der Waals surface area contributed by atoms with Gasteiger partial charge >= 0.3 is 0 Å². The van der Waals surface area contributed by atoms with E-state index in [4.69, 9.17) is 0 Å². The third-order valence-electron chi connectivity index (χ3n) is 2.10. The lowest BCUT2D eigenvalue weighted by Crippen LogP contribution is -1.89. The molecule has 2 heteroatoms. The van der Waals surface area contributed by atoms with E-state index in [0.717, 1.165) is 0 Å². The maximum absolute atomic E-state index is 4.06. The van der Waals surface area contributed by atoms with Crippen molar-refractivity contribution in [2.24, 2.45) is 0 Å². The molecule has 2 aromatic rings. The molecule has 0 atom stereocenters. The van der Waals surface area contributed by atoms with Crippen molar-refractivity contribution >= 4 is 5.52 Å². The minimum atomic E-state index is 0.588. The van der Waals surface area contributed by atoms with Crippen LogP contribution in [-0.4, -0.2) is 9.38 Å². The zero-order valence-electron chi connectivity index (χ0n) is 9.36. The Labute approximate surface area is 85.6 Å². The van der Waals surface area contributed by atoms with Gasteiger partial charge in [-0.05, 0) is 23.6 Å². The smallest absolute Gasteiger partial charge is 0.0991 e. The van der Waals surface area contributed by atoms with E-state index >= 15 is 0 Å². The summed E-state index contributed by atoms with van der Waals surface area (Å²) in [7, 11) is 0. The monoisotopic (exact) mass is 190 g/mol. The van der Waals surface area contributed by atoms with E-state index in [0.29, 0.717) is 5.92 Å². The number of aromatic nitrogens is 2. The van der Waals surface area contributed by atoms with Crippen molar-refractivity contribution in [3.63, 3.8) is 0 Å². The van der Waals surface area contributed by atoms with Gasteiger partial charge < -0.3 is 4.40 Å². The Morgan fingerprint density at radius 1 is 1.29 bits per heavy atom. The second-order valence-corrected chi connectivity index (χ2v) is 3.34. The van der Waals surface area contributed by atoms with Crippen LogP contribution in [0.2, 0.25) is 0 Å². The molecule has 0 fully saturated rings.